The van der Waals surface area contributed by atoms with Gasteiger partial charge in [0.15, 0.2) is 0 Å². The van der Waals surface area contributed by atoms with Gasteiger partial charge in [-0.25, -0.2) is 0 Å². The predicted octanol–water partition coefficient (Wildman–Crippen LogP) is 4.56. The SMILES string of the molecule is O=C(c1ccccc1-c1ccccc1)N1CCc2ccccc21. The number of nitrogens with zero attached hydrogens (tertiary/aromatic N) is 1. The monoisotopic (exact) mass is 299 g/mol. The zero-order valence-corrected chi connectivity index (χ0v) is 12.8. The van der Waals surface area contributed by atoms with E-state index in [0.29, 0.717) is 0 Å². The maximum Gasteiger partial charge on any atom is 0.258 e. The molecule has 2 heteroatoms. The normalized spacial score (nSPS) is 13.0. The van der Waals surface area contributed by atoms with Gasteiger partial charge < -0.3 is 4.90 Å². The summed E-state index contributed by atoms with van der Waals surface area (Å²) in [5.74, 6) is 0.0782. The Balaban J connectivity index is 1.76. The molecule has 2 nitrogen and oxygen atoms in total. The fraction of sp³-hybridized carbons (Fsp3) is 0.0952. The molecule has 0 spiro atoms. The quantitative estimate of drug-likeness (QED) is 0.679. The van der Waals surface area contributed by atoms with Crippen molar-refractivity contribution in [2.75, 3.05) is 11.4 Å². The van der Waals surface area contributed by atoms with Crippen LogP contribution in [0.15, 0.2) is 78.9 Å². The standard InChI is InChI=1S/C21H17NO/c23-21(22-15-14-17-10-4-7-13-20(17)22)19-12-6-5-11-18(19)16-8-2-1-3-9-16/h1-13H,14-15H2. The number of carbonyl (C=O) groups is 1. The lowest BCUT2D eigenvalue weighted by molar-refractivity contribution is 0.0990. The van der Waals surface area contributed by atoms with Gasteiger partial charge in [-0.2, -0.15) is 0 Å². The Labute approximate surface area is 136 Å². The van der Waals surface area contributed by atoms with Gasteiger partial charge in [-0.3, -0.25) is 4.79 Å². The third kappa shape index (κ3) is 2.42. The highest BCUT2D eigenvalue weighted by molar-refractivity contribution is 6.11. The summed E-state index contributed by atoms with van der Waals surface area (Å²) in [5, 5.41) is 0. The molecule has 1 aliphatic rings. The first-order chi connectivity index (χ1) is 11.3. The Morgan fingerprint density at radius 2 is 1.48 bits per heavy atom. The molecule has 0 atom stereocenters. The van der Waals surface area contributed by atoms with Crippen molar-refractivity contribution in [2.24, 2.45) is 0 Å². The maximum atomic E-state index is 13.1. The Morgan fingerprint density at radius 3 is 2.35 bits per heavy atom. The van der Waals surface area contributed by atoms with Gasteiger partial charge >= 0.3 is 0 Å². The summed E-state index contributed by atoms with van der Waals surface area (Å²) >= 11 is 0. The van der Waals surface area contributed by atoms with Gasteiger partial charge in [0.1, 0.15) is 0 Å². The minimum atomic E-state index is 0.0782. The third-order valence-electron chi connectivity index (χ3n) is 4.37. The number of hydrogen-bond donors (Lipinski definition) is 0. The molecule has 1 heterocycles. The summed E-state index contributed by atoms with van der Waals surface area (Å²) in [5.41, 5.74) is 5.11. The number of anilines is 1. The van der Waals surface area contributed by atoms with Gasteiger partial charge in [-0.15, -0.1) is 0 Å². The minimum Gasteiger partial charge on any atom is -0.308 e. The van der Waals surface area contributed by atoms with Crippen molar-refractivity contribution in [2.45, 2.75) is 6.42 Å². The molecule has 3 aromatic rings. The third-order valence-corrected chi connectivity index (χ3v) is 4.37. The smallest absolute Gasteiger partial charge is 0.258 e. The molecule has 0 saturated heterocycles. The van der Waals surface area contributed by atoms with E-state index in [1.165, 1.54) is 5.56 Å². The Hall–Kier alpha value is -2.87. The number of rotatable bonds is 2. The highest BCUT2D eigenvalue weighted by Gasteiger charge is 2.26. The van der Waals surface area contributed by atoms with Gasteiger partial charge in [0.05, 0.1) is 0 Å². The second kappa shape index (κ2) is 5.73. The molecule has 0 aliphatic carbocycles. The van der Waals surface area contributed by atoms with Crippen LogP contribution in [0, 0.1) is 0 Å². The molecule has 1 amide bonds. The summed E-state index contributed by atoms with van der Waals surface area (Å²) in [6, 6.07) is 26.1. The minimum absolute atomic E-state index is 0.0782. The summed E-state index contributed by atoms with van der Waals surface area (Å²) in [4.78, 5) is 15.0. The van der Waals surface area contributed by atoms with E-state index < -0.39 is 0 Å². The molecule has 0 bridgehead atoms. The number of carbonyl (C=O) groups excluding carboxylic acids is 1. The van der Waals surface area contributed by atoms with Crippen molar-refractivity contribution >= 4 is 11.6 Å². The van der Waals surface area contributed by atoms with Gasteiger partial charge in [0, 0.05) is 17.8 Å². The lowest BCUT2D eigenvalue weighted by Gasteiger charge is -2.19. The lowest BCUT2D eigenvalue weighted by Crippen LogP contribution is -2.29. The van der Waals surface area contributed by atoms with E-state index in [1.807, 2.05) is 77.7 Å². The van der Waals surface area contributed by atoms with Crippen molar-refractivity contribution < 1.29 is 4.79 Å². The number of benzene rings is 3. The van der Waals surface area contributed by atoms with Gasteiger partial charge in [-0.1, -0.05) is 66.7 Å². The second-order valence-corrected chi connectivity index (χ2v) is 5.75. The molecule has 0 N–H and O–H groups in total. The number of amides is 1. The molecule has 0 aromatic heterocycles. The zero-order valence-electron chi connectivity index (χ0n) is 12.8. The van der Waals surface area contributed by atoms with Crippen molar-refractivity contribution in [1.82, 2.24) is 0 Å². The molecule has 112 valence electrons. The first-order valence-electron chi connectivity index (χ1n) is 7.89. The first-order valence-corrected chi connectivity index (χ1v) is 7.89. The van der Waals surface area contributed by atoms with Crippen molar-refractivity contribution in [3.63, 3.8) is 0 Å². The summed E-state index contributed by atoms with van der Waals surface area (Å²) < 4.78 is 0. The Bertz CT molecular complexity index is 854. The first kappa shape index (κ1) is 13.8. The van der Waals surface area contributed by atoms with Crippen LogP contribution in [0.4, 0.5) is 5.69 Å². The molecule has 0 saturated carbocycles. The fourth-order valence-corrected chi connectivity index (χ4v) is 3.23. The molecule has 4 rings (SSSR count). The predicted molar refractivity (Wildman–Crippen MR) is 93.7 cm³/mol. The number of hydrogen-bond acceptors (Lipinski definition) is 1. The molecule has 0 unspecified atom stereocenters. The molecule has 1 aliphatic heterocycles. The Kier molecular flexibility index (Phi) is 3.43. The van der Waals surface area contributed by atoms with Crippen LogP contribution in [-0.2, 0) is 6.42 Å². The van der Waals surface area contributed by atoms with E-state index in [9.17, 15) is 4.79 Å². The molecule has 0 radical (unpaired) electrons. The van der Waals surface area contributed by atoms with Crippen molar-refractivity contribution in [3.8, 4) is 11.1 Å². The van der Waals surface area contributed by atoms with Crippen LogP contribution < -0.4 is 4.90 Å². The average molecular weight is 299 g/mol. The molecular formula is C21H17NO. The lowest BCUT2D eigenvalue weighted by atomic mass is 9.99. The van der Waals surface area contributed by atoms with Crippen LogP contribution in [0.1, 0.15) is 15.9 Å². The number of para-hydroxylation sites is 1. The largest absolute Gasteiger partial charge is 0.308 e. The van der Waals surface area contributed by atoms with E-state index in [2.05, 4.69) is 6.07 Å². The topological polar surface area (TPSA) is 20.3 Å². The highest BCUT2D eigenvalue weighted by Crippen LogP contribution is 2.31. The van der Waals surface area contributed by atoms with E-state index in [4.69, 9.17) is 0 Å². The van der Waals surface area contributed by atoms with Gasteiger partial charge in [-0.05, 0) is 35.2 Å². The van der Waals surface area contributed by atoms with E-state index in [1.54, 1.807) is 0 Å². The fourth-order valence-electron chi connectivity index (χ4n) is 3.23. The summed E-state index contributed by atoms with van der Waals surface area (Å²) in [6.45, 7) is 0.751. The molecule has 0 fully saturated rings. The van der Waals surface area contributed by atoms with Crippen LogP contribution in [0.5, 0.6) is 0 Å². The van der Waals surface area contributed by atoms with E-state index >= 15 is 0 Å². The van der Waals surface area contributed by atoms with Gasteiger partial charge in [0.25, 0.3) is 5.91 Å². The van der Waals surface area contributed by atoms with Gasteiger partial charge in [0.2, 0.25) is 0 Å². The second-order valence-electron chi connectivity index (χ2n) is 5.75. The zero-order chi connectivity index (χ0) is 15.6. The van der Waals surface area contributed by atoms with Crippen LogP contribution in [-0.4, -0.2) is 12.5 Å². The molecule has 23 heavy (non-hydrogen) atoms. The summed E-state index contributed by atoms with van der Waals surface area (Å²) in [6.07, 6.45) is 0.926. The van der Waals surface area contributed by atoms with E-state index in [-0.39, 0.29) is 5.91 Å². The van der Waals surface area contributed by atoms with Crippen LogP contribution in [0.25, 0.3) is 11.1 Å². The van der Waals surface area contributed by atoms with E-state index in [0.717, 1.165) is 35.3 Å². The number of fused-ring (bicyclic) bond motifs is 1. The molecule has 3 aromatic carbocycles. The average Bonchev–Trinajstić information content (AvgIpc) is 3.06. The van der Waals surface area contributed by atoms with Crippen LogP contribution in [0.2, 0.25) is 0 Å². The van der Waals surface area contributed by atoms with Crippen molar-refractivity contribution in [3.05, 3.63) is 90.0 Å². The summed E-state index contributed by atoms with van der Waals surface area (Å²) in [7, 11) is 0. The maximum absolute atomic E-state index is 13.1. The highest BCUT2D eigenvalue weighted by atomic mass is 16.2. The molecular weight excluding hydrogens is 282 g/mol. The van der Waals surface area contributed by atoms with Crippen molar-refractivity contribution in [1.29, 1.82) is 0 Å². The Morgan fingerprint density at radius 1 is 0.783 bits per heavy atom. The van der Waals surface area contributed by atoms with Crippen LogP contribution >= 0.6 is 0 Å². The van der Waals surface area contributed by atoms with Crippen LogP contribution in [0.3, 0.4) is 0 Å².